The minimum Gasteiger partial charge on any atom is -0.384 e. The fourth-order valence-corrected chi connectivity index (χ4v) is 2.24. The van der Waals surface area contributed by atoms with Gasteiger partial charge in [-0.05, 0) is 24.1 Å². The maximum Gasteiger partial charge on any atom is 0.165 e. The standard InChI is InChI=1S/C14H11BrF2O/c1-8-6-7-10(13(17)12(8)16)14(18)9-4-2-3-5-11(9)15/h2-7,14,18H,1H3. The molecule has 0 bridgehead atoms. The summed E-state index contributed by atoms with van der Waals surface area (Å²) in [5.74, 6) is -1.92. The molecule has 0 saturated carbocycles. The molecule has 0 spiro atoms. The number of benzene rings is 2. The summed E-state index contributed by atoms with van der Waals surface area (Å²) >= 11 is 3.28. The fourth-order valence-electron chi connectivity index (χ4n) is 1.74. The van der Waals surface area contributed by atoms with Crippen molar-refractivity contribution in [2.75, 3.05) is 0 Å². The molecule has 2 aromatic rings. The second kappa shape index (κ2) is 5.16. The molecule has 0 aliphatic rings. The Morgan fingerprint density at radius 1 is 1.00 bits per heavy atom. The summed E-state index contributed by atoms with van der Waals surface area (Å²) in [6.07, 6.45) is -1.20. The average Bonchev–Trinajstić information content (AvgIpc) is 2.36. The van der Waals surface area contributed by atoms with Crippen LogP contribution >= 0.6 is 15.9 Å². The number of halogens is 3. The van der Waals surface area contributed by atoms with Gasteiger partial charge in [-0.1, -0.05) is 46.3 Å². The topological polar surface area (TPSA) is 20.2 Å². The van der Waals surface area contributed by atoms with Crippen molar-refractivity contribution in [1.29, 1.82) is 0 Å². The minimum atomic E-state index is -1.20. The zero-order chi connectivity index (χ0) is 13.3. The predicted octanol–water partition coefficient (Wildman–Crippen LogP) is 4.12. The second-order valence-electron chi connectivity index (χ2n) is 4.02. The number of aryl methyl sites for hydroxylation is 1. The van der Waals surface area contributed by atoms with Gasteiger partial charge in [-0.3, -0.25) is 0 Å². The van der Waals surface area contributed by atoms with Gasteiger partial charge in [0.2, 0.25) is 0 Å². The molecule has 0 aliphatic heterocycles. The highest BCUT2D eigenvalue weighted by molar-refractivity contribution is 9.10. The van der Waals surface area contributed by atoms with Gasteiger partial charge in [0.1, 0.15) is 6.10 Å². The van der Waals surface area contributed by atoms with Crippen LogP contribution < -0.4 is 0 Å². The van der Waals surface area contributed by atoms with Gasteiger partial charge in [0, 0.05) is 10.0 Å². The van der Waals surface area contributed by atoms with E-state index in [1.807, 2.05) is 0 Å². The fraction of sp³-hybridized carbons (Fsp3) is 0.143. The zero-order valence-corrected chi connectivity index (χ0v) is 11.2. The molecule has 18 heavy (non-hydrogen) atoms. The normalized spacial score (nSPS) is 12.5. The van der Waals surface area contributed by atoms with Crippen molar-refractivity contribution in [2.45, 2.75) is 13.0 Å². The van der Waals surface area contributed by atoms with Crippen molar-refractivity contribution in [3.05, 3.63) is 69.2 Å². The molecule has 1 atom stereocenters. The van der Waals surface area contributed by atoms with E-state index in [0.717, 1.165) is 0 Å². The Bertz CT molecular complexity index is 584. The van der Waals surface area contributed by atoms with Crippen molar-refractivity contribution in [1.82, 2.24) is 0 Å². The SMILES string of the molecule is Cc1ccc(C(O)c2ccccc2Br)c(F)c1F. The van der Waals surface area contributed by atoms with Crippen LogP contribution in [0.5, 0.6) is 0 Å². The lowest BCUT2D eigenvalue weighted by molar-refractivity contribution is 0.212. The van der Waals surface area contributed by atoms with Crippen molar-refractivity contribution >= 4 is 15.9 Å². The Morgan fingerprint density at radius 3 is 2.33 bits per heavy atom. The highest BCUT2D eigenvalue weighted by Gasteiger charge is 2.20. The zero-order valence-electron chi connectivity index (χ0n) is 9.62. The summed E-state index contributed by atoms with van der Waals surface area (Å²) in [4.78, 5) is 0. The van der Waals surface area contributed by atoms with E-state index in [4.69, 9.17) is 0 Å². The lowest BCUT2D eigenvalue weighted by Crippen LogP contribution is -2.06. The maximum absolute atomic E-state index is 13.8. The van der Waals surface area contributed by atoms with Crippen LogP contribution in [0, 0.1) is 18.6 Å². The molecule has 0 aliphatic carbocycles. The van der Waals surface area contributed by atoms with Crippen LogP contribution in [-0.4, -0.2) is 5.11 Å². The van der Waals surface area contributed by atoms with E-state index < -0.39 is 17.7 Å². The Hall–Kier alpha value is -1.26. The minimum absolute atomic E-state index is 0.0648. The first kappa shape index (κ1) is 13.2. The number of hydrogen-bond donors (Lipinski definition) is 1. The van der Waals surface area contributed by atoms with Crippen LogP contribution in [0.2, 0.25) is 0 Å². The number of rotatable bonds is 2. The predicted molar refractivity (Wildman–Crippen MR) is 69.3 cm³/mol. The average molecular weight is 313 g/mol. The van der Waals surface area contributed by atoms with E-state index in [9.17, 15) is 13.9 Å². The summed E-state index contributed by atoms with van der Waals surface area (Å²) in [7, 11) is 0. The first-order valence-electron chi connectivity index (χ1n) is 5.39. The van der Waals surface area contributed by atoms with Crippen LogP contribution in [0.4, 0.5) is 8.78 Å². The molecule has 1 nitrogen and oxygen atoms in total. The maximum atomic E-state index is 13.8. The highest BCUT2D eigenvalue weighted by Crippen LogP contribution is 2.31. The van der Waals surface area contributed by atoms with E-state index in [2.05, 4.69) is 15.9 Å². The first-order valence-corrected chi connectivity index (χ1v) is 6.18. The molecular formula is C14H11BrF2O. The molecule has 94 valence electrons. The van der Waals surface area contributed by atoms with Gasteiger partial charge in [0.15, 0.2) is 11.6 Å². The molecule has 0 radical (unpaired) electrons. The van der Waals surface area contributed by atoms with Gasteiger partial charge in [0.05, 0.1) is 0 Å². The Labute approximate surface area is 112 Å². The van der Waals surface area contributed by atoms with Gasteiger partial charge >= 0.3 is 0 Å². The van der Waals surface area contributed by atoms with E-state index in [1.54, 1.807) is 24.3 Å². The van der Waals surface area contributed by atoms with E-state index in [1.165, 1.54) is 19.1 Å². The second-order valence-corrected chi connectivity index (χ2v) is 4.88. The highest BCUT2D eigenvalue weighted by atomic mass is 79.9. The smallest absolute Gasteiger partial charge is 0.165 e. The van der Waals surface area contributed by atoms with Gasteiger partial charge < -0.3 is 5.11 Å². The van der Waals surface area contributed by atoms with Gasteiger partial charge in [-0.2, -0.15) is 0 Å². The van der Waals surface area contributed by atoms with Gasteiger partial charge in [-0.25, -0.2) is 8.78 Å². The molecule has 0 amide bonds. The Kier molecular flexibility index (Phi) is 3.78. The molecule has 0 fully saturated rings. The molecule has 1 N–H and O–H groups in total. The number of aliphatic hydroxyl groups is 1. The molecule has 1 unspecified atom stereocenters. The number of hydrogen-bond acceptors (Lipinski definition) is 1. The van der Waals surface area contributed by atoms with Crippen molar-refractivity contribution in [3.63, 3.8) is 0 Å². The third-order valence-corrected chi connectivity index (χ3v) is 3.52. The van der Waals surface area contributed by atoms with Crippen LogP contribution in [0.15, 0.2) is 40.9 Å². The van der Waals surface area contributed by atoms with E-state index in [-0.39, 0.29) is 11.1 Å². The lowest BCUT2D eigenvalue weighted by atomic mass is 9.99. The molecular weight excluding hydrogens is 302 g/mol. The van der Waals surface area contributed by atoms with Crippen molar-refractivity contribution < 1.29 is 13.9 Å². The van der Waals surface area contributed by atoms with Gasteiger partial charge in [-0.15, -0.1) is 0 Å². The molecule has 0 saturated heterocycles. The Balaban J connectivity index is 2.50. The number of aliphatic hydroxyl groups excluding tert-OH is 1. The summed E-state index contributed by atoms with van der Waals surface area (Å²) < 4.78 is 27.9. The monoisotopic (exact) mass is 312 g/mol. The molecule has 4 heteroatoms. The summed E-state index contributed by atoms with van der Waals surface area (Å²) in [6.45, 7) is 1.48. The van der Waals surface area contributed by atoms with Crippen LogP contribution in [-0.2, 0) is 0 Å². The van der Waals surface area contributed by atoms with Crippen LogP contribution in [0.25, 0.3) is 0 Å². The lowest BCUT2D eigenvalue weighted by Gasteiger charge is -2.15. The van der Waals surface area contributed by atoms with E-state index in [0.29, 0.717) is 10.0 Å². The summed E-state index contributed by atoms with van der Waals surface area (Å²) in [5.41, 5.74) is 0.653. The third kappa shape index (κ3) is 2.31. The summed E-state index contributed by atoms with van der Waals surface area (Å²) in [6, 6.07) is 9.76. The van der Waals surface area contributed by atoms with Crippen molar-refractivity contribution in [3.8, 4) is 0 Å². The van der Waals surface area contributed by atoms with Crippen LogP contribution in [0.3, 0.4) is 0 Å². The van der Waals surface area contributed by atoms with Gasteiger partial charge in [0.25, 0.3) is 0 Å². The summed E-state index contributed by atoms with van der Waals surface area (Å²) in [5, 5.41) is 10.1. The van der Waals surface area contributed by atoms with Crippen LogP contribution in [0.1, 0.15) is 22.8 Å². The third-order valence-electron chi connectivity index (χ3n) is 2.80. The largest absolute Gasteiger partial charge is 0.384 e. The molecule has 2 rings (SSSR count). The molecule has 0 heterocycles. The van der Waals surface area contributed by atoms with Crippen molar-refractivity contribution in [2.24, 2.45) is 0 Å². The quantitative estimate of drug-likeness (QED) is 0.884. The first-order chi connectivity index (χ1) is 8.52. The molecule has 2 aromatic carbocycles. The molecule has 0 aromatic heterocycles. The van der Waals surface area contributed by atoms with E-state index >= 15 is 0 Å². The Morgan fingerprint density at radius 2 is 1.67 bits per heavy atom.